The van der Waals surface area contributed by atoms with Gasteiger partial charge in [-0.1, -0.05) is 0 Å². The molecular formula is C19H29N5O2. The molecule has 3 rings (SSSR count). The van der Waals surface area contributed by atoms with Crippen LogP contribution >= 0.6 is 0 Å². The first-order chi connectivity index (χ1) is 12.3. The van der Waals surface area contributed by atoms with Crippen molar-refractivity contribution < 1.29 is 9.53 Å². The molecule has 1 saturated heterocycles. The summed E-state index contributed by atoms with van der Waals surface area (Å²) in [6, 6.07) is 2.12. The quantitative estimate of drug-likeness (QED) is 0.886. The summed E-state index contributed by atoms with van der Waals surface area (Å²) in [6.07, 6.45) is 1.77. The average molecular weight is 359 g/mol. The SMILES string of the molecule is Cc1nc2c(cnn2C(C)C)cc1C(=O)NCC(C)(C)N1CCOCC1. The van der Waals surface area contributed by atoms with Gasteiger partial charge in [-0.2, -0.15) is 5.10 Å². The molecular weight excluding hydrogens is 330 g/mol. The van der Waals surface area contributed by atoms with Crippen molar-refractivity contribution >= 4 is 16.9 Å². The fourth-order valence-electron chi connectivity index (χ4n) is 3.35. The summed E-state index contributed by atoms with van der Waals surface area (Å²) in [4.78, 5) is 19.7. The zero-order valence-electron chi connectivity index (χ0n) is 16.4. The van der Waals surface area contributed by atoms with Crippen LogP contribution in [0.5, 0.6) is 0 Å². The van der Waals surface area contributed by atoms with Gasteiger partial charge >= 0.3 is 0 Å². The number of fused-ring (bicyclic) bond motifs is 1. The lowest BCUT2D eigenvalue weighted by Crippen LogP contribution is -2.55. The number of ether oxygens (including phenoxy) is 1. The normalized spacial score (nSPS) is 16.4. The summed E-state index contributed by atoms with van der Waals surface area (Å²) in [6.45, 7) is 14.2. The lowest BCUT2D eigenvalue weighted by Gasteiger charge is -2.40. The molecule has 142 valence electrons. The third kappa shape index (κ3) is 3.73. The Balaban J connectivity index is 1.74. The predicted molar refractivity (Wildman–Crippen MR) is 101 cm³/mol. The first-order valence-corrected chi connectivity index (χ1v) is 9.25. The average Bonchev–Trinajstić information content (AvgIpc) is 3.02. The van der Waals surface area contributed by atoms with Gasteiger partial charge in [-0.25, -0.2) is 9.67 Å². The van der Waals surface area contributed by atoms with Crippen LogP contribution in [0.3, 0.4) is 0 Å². The highest BCUT2D eigenvalue weighted by molar-refractivity contribution is 5.98. The van der Waals surface area contributed by atoms with Crippen LogP contribution in [-0.4, -0.2) is 64.0 Å². The number of pyridine rings is 1. The van der Waals surface area contributed by atoms with E-state index in [4.69, 9.17) is 4.74 Å². The maximum absolute atomic E-state index is 12.8. The summed E-state index contributed by atoms with van der Waals surface area (Å²) in [5, 5.41) is 8.36. The number of nitrogens with zero attached hydrogens (tertiary/aromatic N) is 4. The van der Waals surface area contributed by atoms with E-state index in [1.54, 1.807) is 6.20 Å². The van der Waals surface area contributed by atoms with Crippen molar-refractivity contribution in [2.45, 2.75) is 46.2 Å². The van der Waals surface area contributed by atoms with E-state index in [2.05, 4.69) is 48.0 Å². The van der Waals surface area contributed by atoms with Crippen molar-refractivity contribution in [3.8, 4) is 0 Å². The van der Waals surface area contributed by atoms with Crippen molar-refractivity contribution in [2.75, 3.05) is 32.8 Å². The van der Waals surface area contributed by atoms with Crippen LogP contribution in [0.2, 0.25) is 0 Å². The molecule has 1 aliphatic heterocycles. The van der Waals surface area contributed by atoms with Gasteiger partial charge in [0, 0.05) is 36.6 Å². The van der Waals surface area contributed by atoms with Gasteiger partial charge in [0.15, 0.2) is 5.65 Å². The van der Waals surface area contributed by atoms with Gasteiger partial charge < -0.3 is 10.1 Å². The van der Waals surface area contributed by atoms with Crippen LogP contribution in [0.1, 0.15) is 49.8 Å². The molecule has 1 N–H and O–H groups in total. The van der Waals surface area contributed by atoms with Gasteiger partial charge in [0.25, 0.3) is 5.91 Å². The lowest BCUT2D eigenvalue weighted by molar-refractivity contribution is -0.00923. The molecule has 7 nitrogen and oxygen atoms in total. The molecule has 0 atom stereocenters. The maximum atomic E-state index is 12.8. The van der Waals surface area contributed by atoms with Crippen LogP contribution < -0.4 is 5.32 Å². The molecule has 0 spiro atoms. The minimum atomic E-state index is -0.118. The second kappa shape index (κ2) is 7.32. The van der Waals surface area contributed by atoms with Crippen molar-refractivity contribution in [3.63, 3.8) is 0 Å². The second-order valence-corrected chi connectivity index (χ2v) is 7.81. The molecule has 0 saturated carbocycles. The smallest absolute Gasteiger partial charge is 0.253 e. The standard InChI is InChI=1S/C19H29N5O2/c1-13(2)24-17-15(11-21-24)10-16(14(3)22-17)18(25)20-12-19(4,5)23-6-8-26-9-7-23/h10-11,13H,6-9,12H2,1-5H3,(H,20,25). The Morgan fingerprint density at radius 1 is 1.35 bits per heavy atom. The minimum Gasteiger partial charge on any atom is -0.379 e. The minimum absolute atomic E-state index is 0.0875. The number of aryl methyl sites for hydroxylation is 1. The topological polar surface area (TPSA) is 72.3 Å². The number of amides is 1. The van der Waals surface area contributed by atoms with Gasteiger partial charge in [-0.05, 0) is 40.7 Å². The largest absolute Gasteiger partial charge is 0.379 e. The van der Waals surface area contributed by atoms with Crippen molar-refractivity contribution in [3.05, 3.63) is 23.5 Å². The van der Waals surface area contributed by atoms with E-state index in [1.807, 2.05) is 17.7 Å². The molecule has 0 bridgehead atoms. The Morgan fingerprint density at radius 2 is 2.04 bits per heavy atom. The summed E-state index contributed by atoms with van der Waals surface area (Å²) < 4.78 is 7.30. The van der Waals surface area contributed by atoms with E-state index in [9.17, 15) is 4.79 Å². The number of carbonyl (C=O) groups excluding carboxylic acids is 1. The number of hydrogen-bond acceptors (Lipinski definition) is 5. The number of hydrogen-bond donors (Lipinski definition) is 1. The molecule has 1 amide bonds. The first-order valence-electron chi connectivity index (χ1n) is 9.25. The fraction of sp³-hybridized carbons (Fsp3) is 0.632. The van der Waals surface area contributed by atoms with E-state index in [0.29, 0.717) is 12.1 Å². The van der Waals surface area contributed by atoms with E-state index < -0.39 is 0 Å². The van der Waals surface area contributed by atoms with Gasteiger partial charge in [-0.3, -0.25) is 9.69 Å². The lowest BCUT2D eigenvalue weighted by atomic mass is 10.0. The van der Waals surface area contributed by atoms with Crippen molar-refractivity contribution in [2.24, 2.45) is 0 Å². The molecule has 7 heteroatoms. The van der Waals surface area contributed by atoms with Gasteiger partial charge in [0.05, 0.1) is 30.7 Å². The summed E-state index contributed by atoms with van der Waals surface area (Å²) in [5.41, 5.74) is 2.04. The molecule has 0 aromatic carbocycles. The fourth-order valence-corrected chi connectivity index (χ4v) is 3.35. The zero-order chi connectivity index (χ0) is 18.9. The predicted octanol–water partition coefficient (Wildman–Crippen LogP) is 2.16. The van der Waals surface area contributed by atoms with Crippen molar-refractivity contribution in [1.82, 2.24) is 25.0 Å². The molecule has 2 aromatic rings. The number of aromatic nitrogens is 3. The molecule has 1 aliphatic rings. The number of morpholine rings is 1. The van der Waals surface area contributed by atoms with E-state index in [0.717, 1.165) is 43.0 Å². The first kappa shape index (κ1) is 18.8. The number of rotatable bonds is 5. The van der Waals surface area contributed by atoms with E-state index in [1.165, 1.54) is 0 Å². The summed E-state index contributed by atoms with van der Waals surface area (Å²) >= 11 is 0. The van der Waals surface area contributed by atoms with Crippen LogP contribution in [-0.2, 0) is 4.74 Å². The molecule has 2 aromatic heterocycles. The molecule has 26 heavy (non-hydrogen) atoms. The van der Waals surface area contributed by atoms with Gasteiger partial charge in [0.1, 0.15) is 0 Å². The Bertz CT molecular complexity index is 791. The van der Waals surface area contributed by atoms with Crippen LogP contribution in [0, 0.1) is 6.92 Å². The highest BCUT2D eigenvalue weighted by atomic mass is 16.5. The van der Waals surface area contributed by atoms with E-state index >= 15 is 0 Å². The molecule has 0 aliphatic carbocycles. The Hall–Kier alpha value is -1.99. The molecule has 0 unspecified atom stereocenters. The monoisotopic (exact) mass is 359 g/mol. The summed E-state index contributed by atoms with van der Waals surface area (Å²) in [5.74, 6) is -0.0875. The van der Waals surface area contributed by atoms with Crippen LogP contribution in [0.4, 0.5) is 0 Å². The Morgan fingerprint density at radius 3 is 2.69 bits per heavy atom. The highest BCUT2D eigenvalue weighted by Crippen LogP contribution is 2.20. The Labute approximate surface area is 154 Å². The van der Waals surface area contributed by atoms with Crippen molar-refractivity contribution in [1.29, 1.82) is 0 Å². The van der Waals surface area contributed by atoms with Gasteiger partial charge in [0.2, 0.25) is 0 Å². The molecule has 3 heterocycles. The summed E-state index contributed by atoms with van der Waals surface area (Å²) in [7, 11) is 0. The number of nitrogens with one attached hydrogen (secondary N) is 1. The van der Waals surface area contributed by atoms with Crippen LogP contribution in [0.25, 0.3) is 11.0 Å². The zero-order valence-corrected chi connectivity index (χ0v) is 16.4. The third-order valence-corrected chi connectivity index (χ3v) is 5.04. The number of carbonyl (C=O) groups is 1. The van der Waals surface area contributed by atoms with Gasteiger partial charge in [-0.15, -0.1) is 0 Å². The molecule has 1 fully saturated rings. The Kier molecular flexibility index (Phi) is 5.29. The highest BCUT2D eigenvalue weighted by Gasteiger charge is 2.29. The van der Waals surface area contributed by atoms with Crippen LogP contribution in [0.15, 0.2) is 12.3 Å². The maximum Gasteiger partial charge on any atom is 0.253 e. The third-order valence-electron chi connectivity index (χ3n) is 5.04. The molecule has 0 radical (unpaired) electrons. The van der Waals surface area contributed by atoms with E-state index in [-0.39, 0.29) is 17.5 Å². The second-order valence-electron chi connectivity index (χ2n) is 7.81.